The van der Waals surface area contributed by atoms with Crippen LogP contribution in [-0.2, 0) is 11.3 Å². The molecule has 0 aliphatic carbocycles. The maximum atomic E-state index is 11.8. The molecule has 0 atom stereocenters. The Labute approximate surface area is 107 Å². The van der Waals surface area contributed by atoms with Crippen LogP contribution in [0.1, 0.15) is 32.9 Å². The molecule has 0 unspecified atom stereocenters. The molecule has 0 bridgehead atoms. The number of nitrogens with one attached hydrogen (secondary N) is 1. The highest BCUT2D eigenvalue weighted by Crippen LogP contribution is 2.07. The zero-order chi connectivity index (χ0) is 13.1. The van der Waals surface area contributed by atoms with Crippen LogP contribution in [-0.4, -0.2) is 21.0 Å². The van der Waals surface area contributed by atoms with Crippen molar-refractivity contribution in [2.45, 2.75) is 39.3 Å². The lowest BCUT2D eigenvalue weighted by atomic mass is 10.0. The molecular weight excluding hydrogens is 234 g/mol. The van der Waals surface area contributed by atoms with E-state index in [0.717, 1.165) is 6.42 Å². The summed E-state index contributed by atoms with van der Waals surface area (Å²) in [5.74, 6) is -0.0365. The fourth-order valence-electron chi connectivity index (χ4n) is 1.44. The van der Waals surface area contributed by atoms with Gasteiger partial charge in [0.15, 0.2) is 0 Å². The SMILES string of the molecule is CCC(C)(C)NC(=O)Cn1cccc1C(N)=S. The Morgan fingerprint density at radius 1 is 1.59 bits per heavy atom. The van der Waals surface area contributed by atoms with E-state index in [9.17, 15) is 4.79 Å². The normalized spacial score (nSPS) is 11.2. The molecule has 0 spiro atoms. The molecule has 1 amide bonds. The summed E-state index contributed by atoms with van der Waals surface area (Å²) in [5.41, 5.74) is 6.09. The van der Waals surface area contributed by atoms with Gasteiger partial charge in [-0.3, -0.25) is 4.79 Å². The van der Waals surface area contributed by atoms with Gasteiger partial charge in [0.25, 0.3) is 0 Å². The first-order chi connectivity index (χ1) is 7.85. The molecule has 4 nitrogen and oxygen atoms in total. The maximum absolute atomic E-state index is 11.8. The molecule has 0 saturated heterocycles. The minimum atomic E-state index is -0.187. The zero-order valence-electron chi connectivity index (χ0n) is 10.5. The minimum absolute atomic E-state index is 0.0365. The van der Waals surface area contributed by atoms with Crippen LogP contribution in [0.5, 0.6) is 0 Å². The number of nitrogens with two attached hydrogens (primary N) is 1. The molecule has 0 saturated carbocycles. The Kier molecular flexibility index (Phi) is 4.28. The quantitative estimate of drug-likeness (QED) is 0.780. The van der Waals surface area contributed by atoms with Crippen LogP contribution in [0.15, 0.2) is 18.3 Å². The van der Waals surface area contributed by atoms with E-state index in [-0.39, 0.29) is 18.0 Å². The lowest BCUT2D eigenvalue weighted by molar-refractivity contribution is -0.123. The van der Waals surface area contributed by atoms with Gasteiger partial charge in [0.05, 0.1) is 5.69 Å². The van der Waals surface area contributed by atoms with Crippen molar-refractivity contribution in [2.75, 3.05) is 0 Å². The summed E-state index contributed by atoms with van der Waals surface area (Å²) < 4.78 is 1.75. The number of amides is 1. The van der Waals surface area contributed by atoms with Crippen molar-refractivity contribution in [3.8, 4) is 0 Å². The lowest BCUT2D eigenvalue weighted by Crippen LogP contribution is -2.44. The van der Waals surface area contributed by atoms with Crippen LogP contribution >= 0.6 is 12.2 Å². The van der Waals surface area contributed by atoms with Crippen LogP contribution < -0.4 is 11.1 Å². The largest absolute Gasteiger partial charge is 0.388 e. The van der Waals surface area contributed by atoms with Crippen LogP contribution in [0.2, 0.25) is 0 Å². The predicted molar refractivity (Wildman–Crippen MR) is 72.8 cm³/mol. The smallest absolute Gasteiger partial charge is 0.240 e. The number of carbonyl (C=O) groups is 1. The summed E-state index contributed by atoms with van der Waals surface area (Å²) in [5, 5.41) is 2.97. The van der Waals surface area contributed by atoms with Crippen LogP contribution in [0, 0.1) is 0 Å². The van der Waals surface area contributed by atoms with Crippen molar-refractivity contribution in [1.29, 1.82) is 0 Å². The molecule has 1 aromatic heterocycles. The molecule has 1 aromatic rings. The molecule has 17 heavy (non-hydrogen) atoms. The minimum Gasteiger partial charge on any atom is -0.388 e. The molecule has 0 aromatic carbocycles. The molecule has 0 aliphatic rings. The van der Waals surface area contributed by atoms with Crippen molar-refractivity contribution in [1.82, 2.24) is 9.88 Å². The van der Waals surface area contributed by atoms with Gasteiger partial charge in [0, 0.05) is 11.7 Å². The fraction of sp³-hybridized carbons (Fsp3) is 0.500. The van der Waals surface area contributed by atoms with Gasteiger partial charge >= 0.3 is 0 Å². The van der Waals surface area contributed by atoms with E-state index in [1.807, 2.05) is 26.8 Å². The van der Waals surface area contributed by atoms with Crippen molar-refractivity contribution < 1.29 is 4.79 Å². The van der Waals surface area contributed by atoms with Crippen molar-refractivity contribution >= 4 is 23.1 Å². The molecule has 3 N–H and O–H groups in total. The van der Waals surface area contributed by atoms with Crippen LogP contribution in [0.4, 0.5) is 0 Å². The average molecular weight is 253 g/mol. The number of hydrogen-bond acceptors (Lipinski definition) is 2. The van der Waals surface area contributed by atoms with E-state index in [0.29, 0.717) is 10.7 Å². The summed E-state index contributed by atoms with van der Waals surface area (Å²) >= 11 is 4.91. The van der Waals surface area contributed by atoms with Crippen LogP contribution in [0.3, 0.4) is 0 Å². The van der Waals surface area contributed by atoms with Crippen molar-refractivity contribution in [3.05, 3.63) is 24.0 Å². The molecule has 0 fully saturated rings. The van der Waals surface area contributed by atoms with E-state index < -0.39 is 0 Å². The maximum Gasteiger partial charge on any atom is 0.240 e. The van der Waals surface area contributed by atoms with E-state index in [1.54, 1.807) is 16.8 Å². The molecule has 94 valence electrons. The highest BCUT2D eigenvalue weighted by molar-refractivity contribution is 7.80. The van der Waals surface area contributed by atoms with Gasteiger partial charge in [-0.05, 0) is 32.4 Å². The van der Waals surface area contributed by atoms with E-state index in [2.05, 4.69) is 5.32 Å². The Balaban J connectivity index is 2.69. The second-order valence-electron chi connectivity index (χ2n) is 4.67. The first-order valence-electron chi connectivity index (χ1n) is 5.61. The number of hydrogen-bond donors (Lipinski definition) is 2. The Bertz CT molecular complexity index is 423. The number of nitrogens with zero attached hydrogens (tertiary/aromatic N) is 1. The molecule has 1 heterocycles. The summed E-state index contributed by atoms with van der Waals surface area (Å²) in [6.45, 7) is 6.27. The van der Waals surface area contributed by atoms with E-state index in [4.69, 9.17) is 18.0 Å². The summed E-state index contributed by atoms with van der Waals surface area (Å²) in [4.78, 5) is 12.1. The third kappa shape index (κ3) is 3.85. The number of rotatable bonds is 5. The Morgan fingerprint density at radius 2 is 2.24 bits per heavy atom. The van der Waals surface area contributed by atoms with Gasteiger partial charge < -0.3 is 15.6 Å². The van der Waals surface area contributed by atoms with Gasteiger partial charge in [-0.15, -0.1) is 0 Å². The van der Waals surface area contributed by atoms with Gasteiger partial charge in [-0.2, -0.15) is 0 Å². The molecule has 0 aliphatic heterocycles. The molecular formula is C12H19N3OS. The summed E-state index contributed by atoms with van der Waals surface area (Å²) in [6, 6.07) is 3.63. The second kappa shape index (κ2) is 5.31. The van der Waals surface area contributed by atoms with Gasteiger partial charge in [-0.1, -0.05) is 19.1 Å². The molecule has 5 heteroatoms. The molecule has 1 rings (SSSR count). The molecule has 0 radical (unpaired) electrons. The average Bonchev–Trinajstić information content (AvgIpc) is 2.65. The Morgan fingerprint density at radius 3 is 2.76 bits per heavy atom. The number of carbonyl (C=O) groups excluding carboxylic acids is 1. The first-order valence-corrected chi connectivity index (χ1v) is 6.02. The van der Waals surface area contributed by atoms with Crippen LogP contribution in [0.25, 0.3) is 0 Å². The summed E-state index contributed by atoms with van der Waals surface area (Å²) in [7, 11) is 0. The zero-order valence-corrected chi connectivity index (χ0v) is 11.3. The van der Waals surface area contributed by atoms with Gasteiger partial charge in [-0.25, -0.2) is 0 Å². The standard InChI is InChI=1S/C12H19N3OS/c1-4-12(2,3)14-10(16)8-15-7-5-6-9(15)11(13)17/h5-7H,4,8H2,1-3H3,(H2,13,17)(H,14,16). The monoisotopic (exact) mass is 253 g/mol. The highest BCUT2D eigenvalue weighted by atomic mass is 32.1. The van der Waals surface area contributed by atoms with Crippen molar-refractivity contribution in [2.24, 2.45) is 5.73 Å². The van der Waals surface area contributed by atoms with E-state index in [1.165, 1.54) is 0 Å². The van der Waals surface area contributed by atoms with Gasteiger partial charge in [0.1, 0.15) is 11.5 Å². The first kappa shape index (κ1) is 13.7. The third-order valence-electron chi connectivity index (χ3n) is 2.76. The van der Waals surface area contributed by atoms with Gasteiger partial charge in [0.2, 0.25) is 5.91 Å². The Hall–Kier alpha value is -1.36. The second-order valence-corrected chi connectivity index (χ2v) is 5.11. The third-order valence-corrected chi connectivity index (χ3v) is 2.97. The van der Waals surface area contributed by atoms with E-state index >= 15 is 0 Å². The fourth-order valence-corrected chi connectivity index (χ4v) is 1.62. The number of aromatic nitrogens is 1. The predicted octanol–water partition coefficient (Wildman–Crippen LogP) is 1.43. The van der Waals surface area contributed by atoms with Crippen molar-refractivity contribution in [3.63, 3.8) is 0 Å². The summed E-state index contributed by atoms with van der Waals surface area (Å²) in [6.07, 6.45) is 2.68. The topological polar surface area (TPSA) is 60.0 Å². The lowest BCUT2D eigenvalue weighted by Gasteiger charge is -2.24. The number of thiocarbonyl (C=S) groups is 1. The highest BCUT2D eigenvalue weighted by Gasteiger charge is 2.18.